The van der Waals surface area contributed by atoms with Crippen molar-refractivity contribution in [2.75, 3.05) is 4.43 Å². The van der Waals surface area contributed by atoms with Crippen LogP contribution in [0.5, 0.6) is 0 Å². The molecule has 0 aromatic rings. The molecule has 0 aliphatic rings. The second-order valence-electron chi connectivity index (χ2n) is 4.53. The third kappa shape index (κ3) is 7.86. The number of carbonyl (C=O) groups is 2. The van der Waals surface area contributed by atoms with Crippen molar-refractivity contribution >= 4 is 11.9 Å². The van der Waals surface area contributed by atoms with E-state index < -0.39 is 27.1 Å². The van der Waals surface area contributed by atoms with Crippen molar-refractivity contribution in [3.05, 3.63) is 0 Å². The molecule has 0 aromatic carbocycles. The Morgan fingerprint density at radius 2 is 1.94 bits per heavy atom. The zero-order valence-electron chi connectivity index (χ0n) is 9.96. The first kappa shape index (κ1) is 15.6. The van der Waals surface area contributed by atoms with Crippen molar-refractivity contribution in [2.24, 2.45) is 15.6 Å². The van der Waals surface area contributed by atoms with E-state index in [0.717, 1.165) is 0 Å². The minimum absolute atomic E-state index is 0.217. The average Bonchev–Trinajstić information content (AvgIpc) is 2.08. The Balaban J connectivity index is 4.01. The number of amides is 1. The van der Waals surface area contributed by atoms with Gasteiger partial charge in [-0.05, 0) is 0 Å². The van der Waals surface area contributed by atoms with Gasteiger partial charge in [-0.1, -0.05) is 0 Å². The van der Waals surface area contributed by atoms with Crippen molar-refractivity contribution in [3.63, 3.8) is 0 Å². The summed E-state index contributed by atoms with van der Waals surface area (Å²) < 4.78 is 11.2. The predicted molar refractivity (Wildman–Crippen MR) is 56.8 cm³/mol. The molecule has 0 aromatic heterocycles. The molecule has 1 amide bonds. The van der Waals surface area contributed by atoms with E-state index in [-0.39, 0.29) is 24.2 Å². The third-order valence-electron chi connectivity index (χ3n) is 1.79. The van der Waals surface area contributed by atoms with Crippen LogP contribution in [-0.2, 0) is 14.3 Å². The van der Waals surface area contributed by atoms with Crippen LogP contribution in [0.4, 0.5) is 0 Å². The molecule has 0 aliphatic heterocycles. The molecule has 0 spiro atoms. The van der Waals surface area contributed by atoms with E-state index >= 15 is 0 Å². The van der Waals surface area contributed by atoms with Crippen molar-refractivity contribution in [1.82, 2.24) is 0 Å². The third-order valence-corrected chi connectivity index (χ3v) is 3.37. The van der Waals surface area contributed by atoms with Crippen molar-refractivity contribution in [1.29, 1.82) is 0 Å². The molecule has 6 heteroatoms. The number of esters is 1. The second kappa shape index (κ2) is 7.05. The summed E-state index contributed by atoms with van der Waals surface area (Å²) in [5, 5.41) is 0. The van der Waals surface area contributed by atoms with Gasteiger partial charge in [0.1, 0.15) is 0 Å². The molecular formula is C10H20IN2O3-. The topological polar surface area (TPSA) is 95.4 Å². The molecule has 1 atom stereocenters. The Morgan fingerprint density at radius 1 is 1.38 bits per heavy atom. The van der Waals surface area contributed by atoms with E-state index in [0.29, 0.717) is 10.8 Å². The fourth-order valence-electron chi connectivity index (χ4n) is 1.09. The minimum atomic E-state index is -0.486. The summed E-state index contributed by atoms with van der Waals surface area (Å²) in [4.78, 5) is 22.4. The predicted octanol–water partition coefficient (Wildman–Crippen LogP) is -2.83. The molecule has 0 heterocycles. The molecule has 0 fully saturated rings. The van der Waals surface area contributed by atoms with Crippen LogP contribution in [0.2, 0.25) is 0 Å². The summed E-state index contributed by atoms with van der Waals surface area (Å²) in [6, 6.07) is 0. The fraction of sp³-hybridized carbons (Fsp3) is 0.800. The van der Waals surface area contributed by atoms with Gasteiger partial charge in [0.25, 0.3) is 0 Å². The van der Waals surface area contributed by atoms with E-state index in [4.69, 9.17) is 14.4 Å². The molecular weight excluding hydrogens is 323 g/mol. The van der Waals surface area contributed by atoms with Crippen LogP contribution >= 0.6 is 0 Å². The van der Waals surface area contributed by atoms with E-state index in [1.807, 2.05) is 20.8 Å². The maximum atomic E-state index is 11.4. The molecule has 96 valence electrons. The van der Waals surface area contributed by atoms with Gasteiger partial charge in [0.05, 0.1) is 0 Å². The quantitative estimate of drug-likeness (QED) is 0.235. The first-order valence-electron chi connectivity index (χ1n) is 5.05. The Bertz CT molecular complexity index is 251. The average molecular weight is 343 g/mol. The summed E-state index contributed by atoms with van der Waals surface area (Å²) in [5.74, 6) is -0.965. The first-order chi connectivity index (χ1) is 7.26. The van der Waals surface area contributed by atoms with Gasteiger partial charge in [0.2, 0.25) is 0 Å². The Labute approximate surface area is 107 Å². The Kier molecular flexibility index (Phi) is 6.89. The maximum absolute atomic E-state index is 11.4. The monoisotopic (exact) mass is 343 g/mol. The van der Waals surface area contributed by atoms with E-state index in [1.54, 1.807) is 0 Å². The number of alkyl halides is 1. The van der Waals surface area contributed by atoms with E-state index in [9.17, 15) is 9.59 Å². The molecule has 0 saturated carbocycles. The second-order valence-corrected chi connectivity index (χ2v) is 6.29. The molecule has 0 rings (SSSR count). The zero-order valence-corrected chi connectivity index (χ0v) is 12.1. The number of carbonyl (C=O) groups excluding carboxylic acids is 2. The van der Waals surface area contributed by atoms with Crippen LogP contribution in [0.1, 0.15) is 33.6 Å². The van der Waals surface area contributed by atoms with E-state index in [2.05, 4.69) is 0 Å². The Morgan fingerprint density at radius 3 is 2.31 bits per heavy atom. The van der Waals surface area contributed by atoms with Crippen LogP contribution in [0.3, 0.4) is 0 Å². The Hall–Kier alpha value is -0.370. The van der Waals surface area contributed by atoms with Crippen LogP contribution in [0.15, 0.2) is 0 Å². The normalized spacial score (nSPS) is 13.5. The summed E-state index contributed by atoms with van der Waals surface area (Å²) in [7, 11) is 0. The molecule has 0 radical (unpaired) electrons. The van der Waals surface area contributed by atoms with Gasteiger partial charge >= 0.3 is 107 Å². The molecule has 0 unspecified atom stereocenters. The number of nitrogens with two attached hydrogens (primary N) is 2. The van der Waals surface area contributed by atoms with Crippen molar-refractivity contribution in [3.8, 4) is 0 Å². The number of hydrogen-bond acceptors (Lipinski definition) is 4. The molecule has 0 bridgehead atoms. The number of hydrogen-bond donors (Lipinski definition) is 2. The van der Waals surface area contributed by atoms with Gasteiger partial charge in [-0.2, -0.15) is 0 Å². The molecule has 0 saturated heterocycles. The van der Waals surface area contributed by atoms with Gasteiger partial charge in [-0.15, -0.1) is 0 Å². The molecule has 4 N–H and O–H groups in total. The van der Waals surface area contributed by atoms with Crippen molar-refractivity contribution < 1.29 is 35.8 Å². The molecule has 16 heavy (non-hydrogen) atoms. The summed E-state index contributed by atoms with van der Waals surface area (Å²) in [6.45, 7) is 5.42. The summed E-state index contributed by atoms with van der Waals surface area (Å²) in [6.07, 6.45) is 0.649. The van der Waals surface area contributed by atoms with Gasteiger partial charge in [-0.25, -0.2) is 0 Å². The SMILES string of the molecule is CC(C)(C)OC(=O)CC[C@H](C[I-]N)C(N)=O. The molecule has 0 aliphatic carbocycles. The van der Waals surface area contributed by atoms with Crippen LogP contribution in [0.25, 0.3) is 0 Å². The summed E-state index contributed by atoms with van der Waals surface area (Å²) in [5.41, 5.74) is 4.72. The van der Waals surface area contributed by atoms with E-state index in [1.165, 1.54) is 0 Å². The number of rotatable bonds is 6. The first-order valence-corrected chi connectivity index (χ1v) is 7.82. The number of halogens is 1. The standard InChI is InChI=1S/C10H20IN2O3/c1-10(2,3)16-8(14)5-4-7(6-11-13)9(12)15/h7H,4-6,13H2,1-3H3,(H2,12,15)/q-1/t7-/m1/s1. The van der Waals surface area contributed by atoms with Gasteiger partial charge in [0, 0.05) is 0 Å². The van der Waals surface area contributed by atoms with Gasteiger partial charge < -0.3 is 0 Å². The zero-order chi connectivity index (χ0) is 12.8. The van der Waals surface area contributed by atoms with Gasteiger partial charge in [-0.3, -0.25) is 0 Å². The summed E-state index contributed by atoms with van der Waals surface area (Å²) >= 11 is -0.479. The van der Waals surface area contributed by atoms with Crippen molar-refractivity contribution in [2.45, 2.75) is 39.2 Å². The number of ether oxygens (including phenoxy) is 1. The van der Waals surface area contributed by atoms with Gasteiger partial charge in [0.15, 0.2) is 0 Å². The van der Waals surface area contributed by atoms with Crippen LogP contribution in [0, 0.1) is 5.92 Å². The fourth-order valence-corrected chi connectivity index (χ4v) is 2.58. The molecule has 5 nitrogen and oxygen atoms in total. The van der Waals surface area contributed by atoms with Crippen LogP contribution < -0.4 is 31.2 Å². The number of primary amides is 1. The van der Waals surface area contributed by atoms with Crippen LogP contribution in [-0.4, -0.2) is 21.9 Å².